The Balaban J connectivity index is 1.75. The van der Waals surface area contributed by atoms with E-state index in [1.807, 2.05) is 30.3 Å². The lowest BCUT2D eigenvalue weighted by Crippen LogP contribution is -2.40. The average Bonchev–Trinajstić information content (AvgIpc) is 3.05. The molecule has 2 aromatic carbocycles. The van der Waals surface area contributed by atoms with E-state index in [0.717, 1.165) is 5.56 Å². The van der Waals surface area contributed by atoms with Crippen LogP contribution in [0.4, 0.5) is 0 Å². The van der Waals surface area contributed by atoms with E-state index >= 15 is 0 Å². The van der Waals surface area contributed by atoms with E-state index < -0.39 is 16.1 Å². The van der Waals surface area contributed by atoms with Gasteiger partial charge in [0.2, 0.25) is 10.0 Å². The third-order valence-corrected chi connectivity index (χ3v) is 6.99. The third kappa shape index (κ3) is 3.12. The summed E-state index contributed by atoms with van der Waals surface area (Å²) >= 11 is 6.29. The van der Waals surface area contributed by atoms with Crippen molar-refractivity contribution in [2.75, 3.05) is 13.1 Å². The fraction of sp³-hybridized carbons (Fsp3) is 0.278. The number of halogens is 1. The van der Waals surface area contributed by atoms with Gasteiger partial charge in [0.05, 0.1) is 22.2 Å². The predicted octanol–water partition coefficient (Wildman–Crippen LogP) is 3.03. The van der Waals surface area contributed by atoms with Crippen molar-refractivity contribution in [2.24, 2.45) is 0 Å². The van der Waals surface area contributed by atoms with E-state index in [-0.39, 0.29) is 23.0 Å². The largest absolute Gasteiger partial charge is 0.393 e. The first-order chi connectivity index (χ1) is 12.4. The molecule has 0 spiro atoms. The highest BCUT2D eigenvalue weighted by molar-refractivity contribution is 7.89. The molecule has 1 aliphatic rings. The lowest BCUT2D eigenvalue weighted by Gasteiger charge is -2.28. The van der Waals surface area contributed by atoms with Crippen LogP contribution in [-0.2, 0) is 10.0 Å². The number of aromatic amines is 1. The Morgan fingerprint density at radius 1 is 1.15 bits per heavy atom. The minimum absolute atomic E-state index is 0.0502. The molecule has 1 fully saturated rings. The number of rotatable bonds is 3. The van der Waals surface area contributed by atoms with Crippen molar-refractivity contribution in [3.63, 3.8) is 0 Å². The monoisotopic (exact) mass is 391 g/mol. The van der Waals surface area contributed by atoms with Gasteiger partial charge in [0.1, 0.15) is 10.7 Å². The number of benzene rings is 2. The number of H-pyrrole nitrogens is 1. The molecular weight excluding hydrogens is 374 g/mol. The summed E-state index contributed by atoms with van der Waals surface area (Å²) in [6, 6.07) is 12.7. The van der Waals surface area contributed by atoms with E-state index in [1.54, 1.807) is 6.07 Å². The molecule has 26 heavy (non-hydrogen) atoms. The zero-order valence-corrected chi connectivity index (χ0v) is 15.5. The average molecular weight is 392 g/mol. The second kappa shape index (κ2) is 6.66. The number of aliphatic hydroxyl groups is 1. The van der Waals surface area contributed by atoms with Crippen molar-refractivity contribution in [2.45, 2.75) is 23.8 Å². The normalized spacial score (nSPS) is 17.0. The van der Waals surface area contributed by atoms with Crippen LogP contribution in [0.25, 0.3) is 22.4 Å². The molecule has 0 aliphatic carbocycles. The standard InChI is InChI=1S/C18H18ClN3O3S/c19-14-10-15-16(21-18(20-15)12-4-2-1-3-5-12)11-17(14)26(24,25)22-8-6-13(23)7-9-22/h1-5,10-11,13,23H,6-9H2,(H,20,21). The van der Waals surface area contributed by atoms with E-state index in [2.05, 4.69) is 9.97 Å². The van der Waals surface area contributed by atoms with Crippen LogP contribution >= 0.6 is 11.6 Å². The number of nitrogens with one attached hydrogen (secondary N) is 1. The summed E-state index contributed by atoms with van der Waals surface area (Å²) in [6.45, 7) is 0.571. The fourth-order valence-corrected chi connectivity index (χ4v) is 5.16. The molecule has 1 aliphatic heterocycles. The zero-order valence-electron chi connectivity index (χ0n) is 13.9. The lowest BCUT2D eigenvalue weighted by molar-refractivity contribution is 0.113. The number of imidazole rings is 1. The van der Waals surface area contributed by atoms with Crippen LogP contribution < -0.4 is 0 Å². The van der Waals surface area contributed by atoms with Crippen LogP contribution in [0.1, 0.15) is 12.8 Å². The Bertz CT molecular complexity index is 1040. The molecule has 8 heteroatoms. The van der Waals surface area contributed by atoms with Crippen LogP contribution in [0.15, 0.2) is 47.4 Å². The molecule has 1 aromatic heterocycles. The van der Waals surface area contributed by atoms with Gasteiger partial charge in [-0.3, -0.25) is 0 Å². The number of sulfonamides is 1. The van der Waals surface area contributed by atoms with Crippen molar-refractivity contribution in [1.29, 1.82) is 0 Å². The summed E-state index contributed by atoms with van der Waals surface area (Å²) in [5.74, 6) is 0.660. The Morgan fingerprint density at radius 3 is 2.54 bits per heavy atom. The van der Waals surface area contributed by atoms with Gasteiger partial charge in [0.25, 0.3) is 0 Å². The fourth-order valence-electron chi connectivity index (χ4n) is 3.16. The first-order valence-corrected chi connectivity index (χ1v) is 10.2. The molecule has 2 N–H and O–H groups in total. The van der Waals surface area contributed by atoms with Crippen molar-refractivity contribution in [3.05, 3.63) is 47.5 Å². The van der Waals surface area contributed by atoms with Crippen LogP contribution in [-0.4, -0.2) is 47.0 Å². The number of hydrogen-bond donors (Lipinski definition) is 2. The van der Waals surface area contributed by atoms with Gasteiger partial charge in [0, 0.05) is 18.7 Å². The number of aromatic nitrogens is 2. The number of nitrogens with zero attached hydrogens (tertiary/aromatic N) is 2. The van der Waals surface area contributed by atoms with Gasteiger partial charge in [-0.25, -0.2) is 13.4 Å². The number of aliphatic hydroxyl groups excluding tert-OH is 1. The van der Waals surface area contributed by atoms with Gasteiger partial charge in [-0.1, -0.05) is 41.9 Å². The van der Waals surface area contributed by atoms with Gasteiger partial charge in [-0.2, -0.15) is 4.31 Å². The third-order valence-electron chi connectivity index (χ3n) is 4.62. The molecule has 6 nitrogen and oxygen atoms in total. The smallest absolute Gasteiger partial charge is 0.244 e. The molecule has 0 bridgehead atoms. The maximum atomic E-state index is 13.0. The Morgan fingerprint density at radius 2 is 1.85 bits per heavy atom. The highest BCUT2D eigenvalue weighted by Gasteiger charge is 2.30. The molecule has 0 unspecified atom stereocenters. The van der Waals surface area contributed by atoms with Gasteiger partial charge in [-0.05, 0) is 25.0 Å². The van der Waals surface area contributed by atoms with E-state index in [1.165, 1.54) is 10.4 Å². The molecule has 2 heterocycles. The van der Waals surface area contributed by atoms with Crippen LogP contribution in [0.3, 0.4) is 0 Å². The molecule has 3 aromatic rings. The molecule has 0 atom stereocenters. The van der Waals surface area contributed by atoms with Gasteiger partial charge in [-0.15, -0.1) is 0 Å². The Hall–Kier alpha value is -1.93. The lowest BCUT2D eigenvalue weighted by atomic mass is 10.1. The number of piperidine rings is 1. The summed E-state index contributed by atoms with van der Waals surface area (Å²) < 4.78 is 27.3. The minimum atomic E-state index is -3.73. The summed E-state index contributed by atoms with van der Waals surface area (Å²) in [4.78, 5) is 7.75. The van der Waals surface area contributed by atoms with Crippen molar-refractivity contribution >= 4 is 32.7 Å². The molecule has 4 rings (SSSR count). The summed E-state index contributed by atoms with van der Waals surface area (Å²) in [5, 5.41) is 9.77. The molecule has 0 radical (unpaired) electrons. The van der Waals surface area contributed by atoms with Gasteiger partial charge < -0.3 is 10.1 Å². The second-order valence-electron chi connectivity index (χ2n) is 6.39. The Labute approximate surface area is 156 Å². The first-order valence-electron chi connectivity index (χ1n) is 8.38. The van der Waals surface area contributed by atoms with Crippen molar-refractivity contribution in [1.82, 2.24) is 14.3 Å². The molecule has 136 valence electrons. The topological polar surface area (TPSA) is 86.3 Å². The van der Waals surface area contributed by atoms with Crippen molar-refractivity contribution < 1.29 is 13.5 Å². The first kappa shape index (κ1) is 17.5. The van der Waals surface area contributed by atoms with Gasteiger partial charge >= 0.3 is 0 Å². The van der Waals surface area contributed by atoms with Crippen LogP contribution in [0.5, 0.6) is 0 Å². The van der Waals surface area contributed by atoms with Crippen LogP contribution in [0.2, 0.25) is 5.02 Å². The SMILES string of the molecule is O=S(=O)(c1cc2nc(-c3ccccc3)[nH]c2cc1Cl)N1CCC(O)CC1. The highest BCUT2D eigenvalue weighted by atomic mass is 35.5. The molecule has 1 saturated heterocycles. The predicted molar refractivity (Wildman–Crippen MR) is 101 cm³/mol. The van der Waals surface area contributed by atoms with Crippen LogP contribution in [0, 0.1) is 0 Å². The maximum Gasteiger partial charge on any atom is 0.244 e. The van der Waals surface area contributed by atoms with E-state index in [9.17, 15) is 13.5 Å². The Kier molecular flexibility index (Phi) is 4.48. The zero-order chi connectivity index (χ0) is 18.3. The summed E-state index contributed by atoms with van der Waals surface area (Å²) in [6.07, 6.45) is 0.415. The quantitative estimate of drug-likeness (QED) is 0.718. The number of fused-ring (bicyclic) bond motifs is 1. The number of hydrogen-bond acceptors (Lipinski definition) is 4. The maximum absolute atomic E-state index is 13.0. The second-order valence-corrected chi connectivity index (χ2v) is 8.70. The minimum Gasteiger partial charge on any atom is -0.393 e. The molecule has 0 saturated carbocycles. The van der Waals surface area contributed by atoms with E-state index in [0.29, 0.717) is 29.7 Å². The molecule has 0 amide bonds. The van der Waals surface area contributed by atoms with E-state index in [4.69, 9.17) is 11.6 Å². The highest BCUT2D eigenvalue weighted by Crippen LogP contribution is 2.31. The summed E-state index contributed by atoms with van der Waals surface area (Å²) in [5.41, 5.74) is 2.14. The van der Waals surface area contributed by atoms with Crippen molar-refractivity contribution in [3.8, 4) is 11.4 Å². The molecular formula is C18H18ClN3O3S. The van der Waals surface area contributed by atoms with Gasteiger partial charge in [0.15, 0.2) is 0 Å². The summed E-state index contributed by atoms with van der Waals surface area (Å²) in [7, 11) is -3.73.